The molecular formula is C23H21N7O2S. The van der Waals surface area contributed by atoms with Crippen molar-refractivity contribution in [1.29, 1.82) is 0 Å². The van der Waals surface area contributed by atoms with E-state index in [1.165, 1.54) is 17.4 Å². The number of amides is 1. The second-order valence-electron chi connectivity index (χ2n) is 7.42. The zero-order chi connectivity index (χ0) is 22.6. The Hall–Kier alpha value is -4.05. The topological polar surface area (TPSA) is 105 Å². The van der Waals surface area contributed by atoms with E-state index >= 15 is 0 Å². The molecule has 0 aliphatic carbocycles. The number of nitrogens with one attached hydrogen (secondary N) is 2. The minimum Gasteiger partial charge on any atom is -0.439 e. The van der Waals surface area contributed by atoms with Crippen molar-refractivity contribution in [1.82, 2.24) is 24.8 Å². The zero-order valence-electron chi connectivity index (χ0n) is 17.6. The molecule has 1 saturated heterocycles. The lowest BCUT2D eigenvalue weighted by Crippen LogP contribution is -2.30. The van der Waals surface area contributed by atoms with Gasteiger partial charge in [0.25, 0.3) is 0 Å². The molecule has 1 atom stereocenters. The first-order chi connectivity index (χ1) is 16.2. The fourth-order valence-corrected chi connectivity index (χ4v) is 4.35. The predicted octanol–water partition coefficient (Wildman–Crippen LogP) is 4.22. The Labute approximate surface area is 194 Å². The zero-order valence-corrected chi connectivity index (χ0v) is 18.5. The molecule has 1 aliphatic rings. The number of rotatable bonds is 7. The van der Waals surface area contributed by atoms with E-state index in [1.54, 1.807) is 23.2 Å². The number of fused-ring (bicyclic) bond motifs is 1. The van der Waals surface area contributed by atoms with E-state index in [2.05, 4.69) is 37.1 Å². The fraction of sp³-hybridized carbons (Fsp3) is 0.174. The van der Waals surface area contributed by atoms with Crippen molar-refractivity contribution in [2.75, 3.05) is 23.7 Å². The quantitative estimate of drug-likeness (QED) is 0.396. The van der Waals surface area contributed by atoms with Crippen LogP contribution in [-0.2, 0) is 4.79 Å². The summed E-state index contributed by atoms with van der Waals surface area (Å²) < 4.78 is 5.81. The Bertz CT molecular complexity index is 1290. The van der Waals surface area contributed by atoms with E-state index in [0.29, 0.717) is 35.9 Å². The largest absolute Gasteiger partial charge is 0.439 e. The molecule has 10 heteroatoms. The lowest BCUT2D eigenvalue weighted by molar-refractivity contribution is -0.125. The van der Waals surface area contributed by atoms with Crippen LogP contribution in [-0.4, -0.2) is 49.9 Å². The normalized spacial score (nSPS) is 15.4. The molecule has 2 N–H and O–H groups in total. The van der Waals surface area contributed by atoms with Crippen molar-refractivity contribution < 1.29 is 9.53 Å². The number of anilines is 3. The van der Waals surface area contributed by atoms with Crippen LogP contribution in [0.4, 0.5) is 16.9 Å². The van der Waals surface area contributed by atoms with E-state index in [-0.39, 0.29) is 11.9 Å². The molecule has 0 spiro atoms. The summed E-state index contributed by atoms with van der Waals surface area (Å²) >= 11 is 1.41. The van der Waals surface area contributed by atoms with E-state index in [0.717, 1.165) is 22.5 Å². The van der Waals surface area contributed by atoms with Gasteiger partial charge >= 0.3 is 0 Å². The molecule has 0 bridgehead atoms. The lowest BCUT2D eigenvalue weighted by atomic mass is 10.3. The summed E-state index contributed by atoms with van der Waals surface area (Å²) in [6, 6.07) is 15.1. The molecule has 166 valence electrons. The van der Waals surface area contributed by atoms with Crippen LogP contribution in [0.1, 0.15) is 6.42 Å². The molecule has 0 saturated carbocycles. The molecule has 1 aromatic carbocycles. The smallest absolute Gasteiger partial charge is 0.246 e. The first-order valence-electron chi connectivity index (χ1n) is 10.4. The van der Waals surface area contributed by atoms with Crippen LogP contribution in [0, 0.1) is 0 Å². The van der Waals surface area contributed by atoms with Gasteiger partial charge in [0.2, 0.25) is 17.7 Å². The Kier molecular flexibility index (Phi) is 5.81. The summed E-state index contributed by atoms with van der Waals surface area (Å²) in [5.74, 6) is 2.29. The SMILES string of the molecule is C=CC(=O)N1CCC(Nc2nccc(Nc3nc4ccc(Oc5ccccc5)nc4s3)n2)C1. The van der Waals surface area contributed by atoms with Crippen LogP contribution in [0.5, 0.6) is 11.6 Å². The first kappa shape index (κ1) is 20.8. The summed E-state index contributed by atoms with van der Waals surface area (Å²) in [5.41, 5.74) is 0.772. The second-order valence-corrected chi connectivity index (χ2v) is 8.39. The van der Waals surface area contributed by atoms with Gasteiger partial charge in [-0.3, -0.25) is 4.79 Å². The van der Waals surface area contributed by atoms with Gasteiger partial charge in [-0.1, -0.05) is 36.1 Å². The van der Waals surface area contributed by atoms with Gasteiger partial charge in [-0.25, -0.2) is 15.0 Å². The van der Waals surface area contributed by atoms with E-state index in [4.69, 9.17) is 4.74 Å². The molecule has 33 heavy (non-hydrogen) atoms. The maximum absolute atomic E-state index is 11.8. The fourth-order valence-electron chi connectivity index (χ4n) is 3.52. The minimum atomic E-state index is -0.0580. The summed E-state index contributed by atoms with van der Waals surface area (Å²) in [6.45, 7) is 4.83. The van der Waals surface area contributed by atoms with E-state index in [1.807, 2.05) is 36.4 Å². The van der Waals surface area contributed by atoms with Gasteiger partial charge in [0.15, 0.2) is 5.13 Å². The Morgan fingerprint density at radius 1 is 1.15 bits per heavy atom. The van der Waals surface area contributed by atoms with Gasteiger partial charge in [-0.15, -0.1) is 0 Å². The molecule has 3 aromatic heterocycles. The molecule has 9 nitrogen and oxygen atoms in total. The summed E-state index contributed by atoms with van der Waals surface area (Å²) in [5, 5.41) is 7.19. The molecule has 1 unspecified atom stereocenters. The van der Waals surface area contributed by atoms with Crippen LogP contribution in [0.25, 0.3) is 10.3 Å². The molecule has 0 radical (unpaired) electrons. The Balaban J connectivity index is 1.26. The van der Waals surface area contributed by atoms with Crippen molar-refractivity contribution in [3.63, 3.8) is 0 Å². The van der Waals surface area contributed by atoms with Crippen LogP contribution < -0.4 is 15.4 Å². The number of ether oxygens (including phenoxy) is 1. The van der Waals surface area contributed by atoms with Gasteiger partial charge in [0.05, 0.1) is 0 Å². The molecular weight excluding hydrogens is 438 g/mol. The molecule has 1 aliphatic heterocycles. The van der Waals surface area contributed by atoms with Gasteiger partial charge in [-0.2, -0.15) is 4.98 Å². The van der Waals surface area contributed by atoms with E-state index in [9.17, 15) is 4.79 Å². The van der Waals surface area contributed by atoms with E-state index < -0.39 is 0 Å². The summed E-state index contributed by atoms with van der Waals surface area (Å²) in [7, 11) is 0. The van der Waals surface area contributed by atoms with Crippen molar-refractivity contribution in [2.45, 2.75) is 12.5 Å². The number of thiazole rings is 1. The summed E-state index contributed by atoms with van der Waals surface area (Å²) in [6.07, 6.45) is 3.85. The average molecular weight is 460 g/mol. The number of hydrogen-bond acceptors (Lipinski definition) is 9. The third-order valence-electron chi connectivity index (χ3n) is 5.09. The number of aromatic nitrogens is 4. The Morgan fingerprint density at radius 3 is 2.88 bits per heavy atom. The highest BCUT2D eigenvalue weighted by Crippen LogP contribution is 2.29. The molecule has 4 aromatic rings. The number of carbonyl (C=O) groups is 1. The lowest BCUT2D eigenvalue weighted by Gasteiger charge is -2.15. The van der Waals surface area contributed by atoms with Crippen molar-refractivity contribution in [3.8, 4) is 11.6 Å². The number of benzene rings is 1. The molecule has 4 heterocycles. The number of carbonyl (C=O) groups excluding carboxylic acids is 1. The van der Waals surface area contributed by atoms with Gasteiger partial charge < -0.3 is 20.3 Å². The first-order valence-corrected chi connectivity index (χ1v) is 11.3. The number of hydrogen-bond donors (Lipinski definition) is 2. The van der Waals surface area contributed by atoms with Crippen LogP contribution in [0.15, 0.2) is 67.4 Å². The monoisotopic (exact) mass is 459 g/mol. The average Bonchev–Trinajstić information content (AvgIpc) is 3.46. The van der Waals surface area contributed by atoms with Crippen LogP contribution in [0.2, 0.25) is 0 Å². The van der Waals surface area contributed by atoms with Crippen molar-refractivity contribution in [2.24, 2.45) is 0 Å². The van der Waals surface area contributed by atoms with Crippen molar-refractivity contribution in [3.05, 3.63) is 67.4 Å². The van der Waals surface area contributed by atoms with Crippen molar-refractivity contribution >= 4 is 44.5 Å². The highest BCUT2D eigenvalue weighted by atomic mass is 32.1. The highest BCUT2D eigenvalue weighted by molar-refractivity contribution is 7.21. The number of nitrogens with zero attached hydrogens (tertiary/aromatic N) is 5. The molecule has 5 rings (SSSR count). The molecule has 1 fully saturated rings. The third-order valence-corrected chi connectivity index (χ3v) is 5.97. The minimum absolute atomic E-state index is 0.0580. The Morgan fingerprint density at radius 2 is 2.03 bits per heavy atom. The summed E-state index contributed by atoms with van der Waals surface area (Å²) in [4.78, 5) is 32.3. The highest BCUT2D eigenvalue weighted by Gasteiger charge is 2.25. The van der Waals surface area contributed by atoms with Gasteiger partial charge in [0, 0.05) is 31.4 Å². The van der Waals surface area contributed by atoms with Gasteiger partial charge in [0.1, 0.15) is 21.9 Å². The van der Waals surface area contributed by atoms with Gasteiger partial charge in [-0.05, 0) is 36.8 Å². The maximum atomic E-state index is 11.8. The number of para-hydroxylation sites is 1. The number of likely N-dealkylation sites (tertiary alicyclic amines) is 1. The predicted molar refractivity (Wildman–Crippen MR) is 128 cm³/mol. The second kappa shape index (κ2) is 9.21. The maximum Gasteiger partial charge on any atom is 0.246 e. The van der Waals surface area contributed by atoms with Crippen LogP contribution >= 0.6 is 11.3 Å². The number of pyridine rings is 1. The standard InChI is InChI=1S/C23H21N7O2S/c1-2-20(31)30-13-11-15(14-30)25-22-24-12-10-18(27-22)28-23-26-17-8-9-19(29-21(17)33-23)32-16-6-4-3-5-7-16/h2-10,12,15H,1,11,13-14H2,(H2,24,25,26,27,28). The third kappa shape index (κ3) is 4.90. The molecule has 1 amide bonds. The van der Waals surface area contributed by atoms with Crippen LogP contribution in [0.3, 0.4) is 0 Å².